The van der Waals surface area contributed by atoms with Crippen molar-refractivity contribution < 1.29 is 26.3 Å². The minimum Gasteiger partial charge on any atom is -0.379 e. The standard InChI is InChI=1S/C15H16F3N3O3S2/c16-15(17,18)13-10-20-14(25-13)19-9-11-1-3-12(4-2-11)26(22,23)21-5-7-24-8-6-21/h1-4,10H,5-9H2,(H,19,20). The molecule has 0 saturated carbocycles. The summed E-state index contributed by atoms with van der Waals surface area (Å²) in [7, 11) is -3.56. The van der Waals surface area contributed by atoms with Crippen LogP contribution >= 0.6 is 11.3 Å². The van der Waals surface area contributed by atoms with E-state index in [4.69, 9.17) is 4.74 Å². The Morgan fingerprint density at radius 2 is 1.85 bits per heavy atom. The molecule has 3 rings (SSSR count). The second-order valence-electron chi connectivity index (χ2n) is 5.54. The van der Waals surface area contributed by atoms with Crippen molar-refractivity contribution in [2.24, 2.45) is 0 Å². The van der Waals surface area contributed by atoms with Gasteiger partial charge in [0.05, 0.1) is 24.3 Å². The lowest BCUT2D eigenvalue weighted by Gasteiger charge is -2.26. The molecule has 1 saturated heterocycles. The third-order valence-corrected chi connectivity index (χ3v) is 6.67. The molecule has 1 aliphatic rings. The van der Waals surface area contributed by atoms with Gasteiger partial charge in [-0.3, -0.25) is 0 Å². The van der Waals surface area contributed by atoms with Crippen LogP contribution in [0.3, 0.4) is 0 Å². The number of nitrogens with one attached hydrogen (secondary N) is 1. The van der Waals surface area contributed by atoms with Crippen molar-refractivity contribution in [1.82, 2.24) is 9.29 Å². The van der Waals surface area contributed by atoms with Gasteiger partial charge in [0.2, 0.25) is 10.0 Å². The van der Waals surface area contributed by atoms with E-state index in [9.17, 15) is 21.6 Å². The molecule has 1 fully saturated rings. The number of anilines is 1. The van der Waals surface area contributed by atoms with Crippen molar-refractivity contribution in [3.8, 4) is 0 Å². The molecule has 1 aromatic carbocycles. The topological polar surface area (TPSA) is 71.5 Å². The van der Waals surface area contributed by atoms with Crippen molar-refractivity contribution in [2.45, 2.75) is 17.6 Å². The van der Waals surface area contributed by atoms with Gasteiger partial charge in [-0.2, -0.15) is 17.5 Å². The maximum atomic E-state index is 12.5. The highest BCUT2D eigenvalue weighted by molar-refractivity contribution is 7.89. The molecule has 142 valence electrons. The molecule has 0 radical (unpaired) electrons. The zero-order chi connectivity index (χ0) is 18.8. The fourth-order valence-electron chi connectivity index (χ4n) is 2.38. The fourth-order valence-corrected chi connectivity index (χ4v) is 4.47. The van der Waals surface area contributed by atoms with Gasteiger partial charge < -0.3 is 10.1 Å². The van der Waals surface area contributed by atoms with Gasteiger partial charge in [-0.25, -0.2) is 13.4 Å². The quantitative estimate of drug-likeness (QED) is 0.825. The molecule has 0 atom stereocenters. The average Bonchev–Trinajstić information content (AvgIpc) is 3.10. The number of alkyl halides is 3. The molecular weight excluding hydrogens is 391 g/mol. The van der Waals surface area contributed by atoms with Crippen LogP contribution in [-0.4, -0.2) is 44.0 Å². The largest absolute Gasteiger partial charge is 0.427 e. The van der Waals surface area contributed by atoms with Crippen LogP contribution in [0.25, 0.3) is 0 Å². The van der Waals surface area contributed by atoms with Crippen LogP contribution in [0, 0.1) is 0 Å². The summed E-state index contributed by atoms with van der Waals surface area (Å²) in [5.41, 5.74) is 0.731. The molecule has 1 aromatic heterocycles. The van der Waals surface area contributed by atoms with E-state index in [0.29, 0.717) is 37.6 Å². The Kier molecular flexibility index (Phi) is 5.51. The number of benzene rings is 1. The number of hydrogen-bond acceptors (Lipinski definition) is 6. The van der Waals surface area contributed by atoms with Crippen LogP contribution in [0.4, 0.5) is 18.3 Å². The zero-order valence-corrected chi connectivity index (χ0v) is 15.1. The van der Waals surface area contributed by atoms with Gasteiger partial charge in [-0.1, -0.05) is 23.5 Å². The van der Waals surface area contributed by atoms with E-state index in [0.717, 1.165) is 11.8 Å². The Balaban J connectivity index is 1.63. The van der Waals surface area contributed by atoms with E-state index in [1.165, 1.54) is 16.4 Å². The first-order chi connectivity index (χ1) is 12.3. The van der Waals surface area contributed by atoms with Gasteiger partial charge >= 0.3 is 6.18 Å². The van der Waals surface area contributed by atoms with Gasteiger partial charge in [0.15, 0.2) is 5.13 Å². The zero-order valence-electron chi connectivity index (χ0n) is 13.5. The number of nitrogens with zero attached hydrogens (tertiary/aromatic N) is 2. The number of rotatable bonds is 5. The van der Waals surface area contributed by atoms with E-state index in [-0.39, 0.29) is 16.6 Å². The molecule has 0 amide bonds. The number of aromatic nitrogens is 1. The Bertz CT molecular complexity index is 845. The molecule has 0 spiro atoms. The van der Waals surface area contributed by atoms with Gasteiger partial charge in [0.25, 0.3) is 0 Å². The maximum Gasteiger partial charge on any atom is 0.427 e. The first-order valence-corrected chi connectivity index (χ1v) is 9.96. The Morgan fingerprint density at radius 1 is 1.19 bits per heavy atom. The molecule has 2 aromatic rings. The first kappa shape index (κ1) is 19.1. The smallest absolute Gasteiger partial charge is 0.379 e. The number of morpholine rings is 1. The van der Waals surface area contributed by atoms with Gasteiger partial charge in [0, 0.05) is 19.6 Å². The summed E-state index contributed by atoms with van der Waals surface area (Å²) in [6.07, 6.45) is -3.63. The van der Waals surface area contributed by atoms with E-state index in [1.807, 2.05) is 0 Å². The molecule has 0 bridgehead atoms. The molecule has 2 heterocycles. The number of hydrogen-bond donors (Lipinski definition) is 1. The highest BCUT2D eigenvalue weighted by atomic mass is 32.2. The summed E-state index contributed by atoms with van der Waals surface area (Å²) in [6.45, 7) is 1.61. The molecule has 26 heavy (non-hydrogen) atoms. The molecular formula is C15H16F3N3O3S2. The van der Waals surface area contributed by atoms with Gasteiger partial charge in [0.1, 0.15) is 4.88 Å². The van der Waals surface area contributed by atoms with Crippen LogP contribution in [0.2, 0.25) is 0 Å². The monoisotopic (exact) mass is 407 g/mol. The predicted octanol–water partition coefficient (Wildman–Crippen LogP) is 2.79. The molecule has 6 nitrogen and oxygen atoms in total. The van der Waals surface area contributed by atoms with Crippen molar-refractivity contribution in [3.63, 3.8) is 0 Å². The van der Waals surface area contributed by atoms with Crippen LogP contribution in [0.15, 0.2) is 35.4 Å². The van der Waals surface area contributed by atoms with Crippen molar-refractivity contribution in [1.29, 1.82) is 0 Å². The third-order valence-electron chi connectivity index (χ3n) is 3.76. The first-order valence-electron chi connectivity index (χ1n) is 7.70. The summed E-state index contributed by atoms with van der Waals surface area (Å²) in [5, 5.41) is 2.96. The highest BCUT2D eigenvalue weighted by Gasteiger charge is 2.33. The molecule has 0 aliphatic carbocycles. The number of ether oxygens (including phenoxy) is 1. The van der Waals surface area contributed by atoms with E-state index in [1.54, 1.807) is 12.1 Å². The lowest BCUT2D eigenvalue weighted by atomic mass is 10.2. The second kappa shape index (κ2) is 7.51. The van der Waals surface area contributed by atoms with Gasteiger partial charge in [-0.05, 0) is 17.7 Å². The van der Waals surface area contributed by atoms with Crippen LogP contribution in [0.1, 0.15) is 10.4 Å². The van der Waals surface area contributed by atoms with Crippen molar-refractivity contribution >= 4 is 26.5 Å². The number of sulfonamides is 1. The van der Waals surface area contributed by atoms with Crippen LogP contribution < -0.4 is 5.32 Å². The van der Waals surface area contributed by atoms with E-state index in [2.05, 4.69) is 10.3 Å². The Labute approximate surface area is 152 Å². The SMILES string of the molecule is O=S(=O)(c1ccc(CNc2ncc(C(F)(F)F)s2)cc1)N1CCOCC1. The van der Waals surface area contributed by atoms with Crippen LogP contribution in [-0.2, 0) is 27.5 Å². The average molecular weight is 407 g/mol. The highest BCUT2D eigenvalue weighted by Crippen LogP contribution is 2.35. The van der Waals surface area contributed by atoms with E-state index < -0.39 is 21.1 Å². The molecule has 1 N–H and O–H groups in total. The third kappa shape index (κ3) is 4.34. The van der Waals surface area contributed by atoms with Gasteiger partial charge in [-0.15, -0.1) is 0 Å². The summed E-state index contributed by atoms with van der Waals surface area (Å²) >= 11 is 0.524. The maximum absolute atomic E-state index is 12.5. The summed E-state index contributed by atoms with van der Waals surface area (Å²) in [5.74, 6) is 0. The van der Waals surface area contributed by atoms with E-state index >= 15 is 0 Å². The lowest BCUT2D eigenvalue weighted by molar-refractivity contribution is -0.134. The van der Waals surface area contributed by atoms with Crippen molar-refractivity contribution in [3.05, 3.63) is 40.9 Å². The minimum atomic E-state index is -4.41. The Morgan fingerprint density at radius 3 is 2.42 bits per heavy atom. The normalized spacial score (nSPS) is 16.6. The number of thiazole rings is 1. The Hall–Kier alpha value is -1.69. The minimum absolute atomic E-state index is 0.155. The molecule has 11 heteroatoms. The predicted molar refractivity (Wildman–Crippen MR) is 90.5 cm³/mol. The van der Waals surface area contributed by atoms with Crippen molar-refractivity contribution in [2.75, 3.05) is 31.6 Å². The second-order valence-corrected chi connectivity index (χ2v) is 8.51. The fraction of sp³-hybridized carbons (Fsp3) is 0.400. The summed E-state index contributed by atoms with van der Waals surface area (Å²) in [6, 6.07) is 6.23. The summed E-state index contributed by atoms with van der Waals surface area (Å²) in [4.78, 5) is 3.09. The molecule has 0 unspecified atom stereocenters. The summed E-state index contributed by atoms with van der Waals surface area (Å²) < 4.78 is 69.2. The lowest BCUT2D eigenvalue weighted by Crippen LogP contribution is -2.40. The molecule has 1 aliphatic heterocycles. The van der Waals surface area contributed by atoms with Crippen LogP contribution in [0.5, 0.6) is 0 Å². The number of halogens is 3.